The van der Waals surface area contributed by atoms with Gasteiger partial charge in [-0.1, -0.05) is 11.8 Å². The molecule has 0 atom stereocenters. The lowest BCUT2D eigenvalue weighted by Gasteiger charge is -2.13. The molecule has 3 rings (SSSR count). The summed E-state index contributed by atoms with van der Waals surface area (Å²) in [7, 11) is 0. The SMILES string of the molecule is CCn1c(SCC(=O)N2CCNC2=O)nc2sc(C)c(C)c2c1=O. The fraction of sp³-hybridized carbons (Fsp3) is 0.467. The molecular weight excluding hydrogens is 348 g/mol. The Morgan fingerprint density at radius 2 is 2.12 bits per heavy atom. The summed E-state index contributed by atoms with van der Waals surface area (Å²) in [6.45, 7) is 7.13. The van der Waals surface area contributed by atoms with Crippen LogP contribution in [-0.4, -0.2) is 45.2 Å². The lowest BCUT2D eigenvalue weighted by atomic mass is 10.2. The van der Waals surface area contributed by atoms with Crippen LogP contribution in [-0.2, 0) is 11.3 Å². The molecule has 3 heterocycles. The highest BCUT2D eigenvalue weighted by Crippen LogP contribution is 2.28. The maximum absolute atomic E-state index is 12.7. The molecule has 0 spiro atoms. The van der Waals surface area contributed by atoms with Crippen LogP contribution in [0.15, 0.2) is 9.95 Å². The number of thiophene rings is 1. The Labute approximate surface area is 147 Å². The maximum Gasteiger partial charge on any atom is 0.324 e. The molecule has 1 saturated heterocycles. The molecule has 128 valence electrons. The molecular formula is C15H18N4O3S2. The smallest absolute Gasteiger partial charge is 0.324 e. The van der Waals surface area contributed by atoms with Gasteiger partial charge < -0.3 is 5.32 Å². The molecule has 1 fully saturated rings. The number of nitrogens with zero attached hydrogens (tertiary/aromatic N) is 3. The quantitative estimate of drug-likeness (QED) is 0.658. The first kappa shape index (κ1) is 17.0. The zero-order valence-corrected chi connectivity index (χ0v) is 15.3. The Kier molecular flexibility index (Phi) is 4.64. The van der Waals surface area contributed by atoms with Crippen LogP contribution in [0, 0.1) is 13.8 Å². The highest BCUT2D eigenvalue weighted by Gasteiger charge is 2.26. The second-order valence-electron chi connectivity index (χ2n) is 5.47. The van der Waals surface area contributed by atoms with Crippen molar-refractivity contribution in [3.8, 4) is 0 Å². The van der Waals surface area contributed by atoms with E-state index in [1.807, 2.05) is 20.8 Å². The van der Waals surface area contributed by atoms with Gasteiger partial charge in [0, 0.05) is 24.5 Å². The Bertz CT molecular complexity index is 887. The number of urea groups is 1. The maximum atomic E-state index is 12.7. The minimum Gasteiger partial charge on any atom is -0.336 e. The molecule has 2 aromatic heterocycles. The number of imide groups is 1. The van der Waals surface area contributed by atoms with Gasteiger partial charge in [-0.05, 0) is 26.3 Å². The lowest BCUT2D eigenvalue weighted by Crippen LogP contribution is -2.35. The zero-order valence-electron chi connectivity index (χ0n) is 13.7. The molecule has 3 amide bonds. The molecule has 0 aromatic carbocycles. The largest absolute Gasteiger partial charge is 0.336 e. The number of carbonyl (C=O) groups excluding carboxylic acids is 2. The number of thioether (sulfide) groups is 1. The predicted molar refractivity (Wildman–Crippen MR) is 94.9 cm³/mol. The molecule has 9 heteroatoms. The Hall–Kier alpha value is -1.87. The molecule has 1 aliphatic rings. The van der Waals surface area contributed by atoms with Crippen LogP contribution in [0.25, 0.3) is 10.2 Å². The lowest BCUT2D eigenvalue weighted by molar-refractivity contribution is -0.124. The van der Waals surface area contributed by atoms with Crippen LogP contribution >= 0.6 is 23.1 Å². The average Bonchev–Trinajstić information content (AvgIpc) is 3.09. The van der Waals surface area contributed by atoms with Gasteiger partial charge in [-0.3, -0.25) is 19.1 Å². The van der Waals surface area contributed by atoms with Crippen molar-refractivity contribution < 1.29 is 9.59 Å². The summed E-state index contributed by atoms with van der Waals surface area (Å²) >= 11 is 2.69. The first-order valence-electron chi connectivity index (χ1n) is 7.65. The third-order valence-electron chi connectivity index (χ3n) is 4.05. The topological polar surface area (TPSA) is 84.3 Å². The first-order valence-corrected chi connectivity index (χ1v) is 9.45. The van der Waals surface area contributed by atoms with Crippen LogP contribution in [0.3, 0.4) is 0 Å². The molecule has 1 aliphatic heterocycles. The van der Waals surface area contributed by atoms with Crippen molar-refractivity contribution >= 4 is 45.3 Å². The molecule has 2 aromatic rings. The summed E-state index contributed by atoms with van der Waals surface area (Å²) in [5, 5.41) is 3.78. The van der Waals surface area contributed by atoms with Crippen LogP contribution in [0.4, 0.5) is 4.79 Å². The third kappa shape index (κ3) is 2.82. The molecule has 0 unspecified atom stereocenters. The monoisotopic (exact) mass is 366 g/mol. The fourth-order valence-corrected chi connectivity index (χ4v) is 4.62. The van der Waals surface area contributed by atoms with Gasteiger partial charge >= 0.3 is 6.03 Å². The van der Waals surface area contributed by atoms with Gasteiger partial charge in [-0.25, -0.2) is 9.78 Å². The van der Waals surface area contributed by atoms with Gasteiger partial charge in [-0.2, -0.15) is 0 Å². The number of hydrogen-bond acceptors (Lipinski definition) is 6. The van der Waals surface area contributed by atoms with E-state index in [4.69, 9.17) is 0 Å². The highest BCUT2D eigenvalue weighted by atomic mass is 32.2. The van der Waals surface area contributed by atoms with E-state index in [0.717, 1.165) is 10.4 Å². The number of carbonyl (C=O) groups is 2. The highest BCUT2D eigenvalue weighted by molar-refractivity contribution is 7.99. The van der Waals surface area contributed by atoms with Gasteiger partial charge in [0.05, 0.1) is 11.1 Å². The van der Waals surface area contributed by atoms with Gasteiger partial charge in [0.1, 0.15) is 4.83 Å². The van der Waals surface area contributed by atoms with Gasteiger partial charge in [0.15, 0.2) is 5.16 Å². The minimum atomic E-state index is -0.360. The van der Waals surface area contributed by atoms with E-state index < -0.39 is 0 Å². The van der Waals surface area contributed by atoms with E-state index in [9.17, 15) is 14.4 Å². The van der Waals surface area contributed by atoms with Crippen molar-refractivity contribution in [3.05, 3.63) is 20.8 Å². The zero-order chi connectivity index (χ0) is 17.4. The molecule has 0 bridgehead atoms. The predicted octanol–water partition coefficient (Wildman–Crippen LogP) is 1.74. The Balaban J connectivity index is 1.90. The summed E-state index contributed by atoms with van der Waals surface area (Å²) < 4.78 is 1.59. The van der Waals surface area contributed by atoms with Crippen molar-refractivity contribution in [1.29, 1.82) is 0 Å². The second kappa shape index (κ2) is 6.56. The number of amides is 3. The first-order chi connectivity index (χ1) is 11.4. The van der Waals surface area contributed by atoms with E-state index in [0.29, 0.717) is 35.0 Å². The number of nitrogens with one attached hydrogen (secondary N) is 1. The van der Waals surface area contributed by atoms with Crippen molar-refractivity contribution in [1.82, 2.24) is 19.8 Å². The van der Waals surface area contributed by atoms with E-state index in [2.05, 4.69) is 10.3 Å². The summed E-state index contributed by atoms with van der Waals surface area (Å²) in [5.41, 5.74) is 0.897. The molecule has 0 aliphatic carbocycles. The Morgan fingerprint density at radius 3 is 2.75 bits per heavy atom. The number of hydrogen-bond donors (Lipinski definition) is 1. The van der Waals surface area contributed by atoms with E-state index in [1.54, 1.807) is 4.57 Å². The molecule has 7 nitrogen and oxygen atoms in total. The fourth-order valence-electron chi connectivity index (χ4n) is 2.61. The minimum absolute atomic E-state index is 0.0711. The van der Waals surface area contributed by atoms with Crippen LogP contribution < -0.4 is 10.9 Å². The Morgan fingerprint density at radius 1 is 1.38 bits per heavy atom. The van der Waals surface area contributed by atoms with E-state index in [-0.39, 0.29) is 23.3 Å². The van der Waals surface area contributed by atoms with Crippen molar-refractivity contribution in [2.75, 3.05) is 18.8 Å². The van der Waals surface area contributed by atoms with Gasteiger partial charge in [0.2, 0.25) is 5.91 Å². The number of rotatable bonds is 4. The van der Waals surface area contributed by atoms with Crippen molar-refractivity contribution in [2.45, 2.75) is 32.5 Å². The summed E-state index contributed by atoms with van der Waals surface area (Å²) in [4.78, 5) is 44.0. The number of fused-ring (bicyclic) bond motifs is 1. The summed E-state index contributed by atoms with van der Waals surface area (Å²) in [5.74, 6) is -0.195. The van der Waals surface area contributed by atoms with Crippen molar-refractivity contribution in [2.24, 2.45) is 0 Å². The molecule has 0 saturated carbocycles. The number of aryl methyl sites for hydroxylation is 2. The molecule has 1 N–H and O–H groups in total. The summed E-state index contributed by atoms with van der Waals surface area (Å²) in [6.07, 6.45) is 0. The van der Waals surface area contributed by atoms with Gasteiger partial charge in [-0.15, -0.1) is 11.3 Å². The third-order valence-corrected chi connectivity index (χ3v) is 6.11. The molecule has 0 radical (unpaired) electrons. The summed E-state index contributed by atoms with van der Waals surface area (Å²) in [6, 6.07) is -0.360. The van der Waals surface area contributed by atoms with Crippen LogP contribution in [0.5, 0.6) is 0 Å². The standard InChI is InChI=1S/C15H18N4O3S2/c1-4-18-13(21)11-8(2)9(3)24-12(11)17-15(18)23-7-10(20)19-6-5-16-14(19)22/h4-7H2,1-3H3,(H,16,22). The van der Waals surface area contributed by atoms with E-state index >= 15 is 0 Å². The number of aromatic nitrogens is 2. The van der Waals surface area contributed by atoms with Crippen molar-refractivity contribution in [3.63, 3.8) is 0 Å². The van der Waals surface area contributed by atoms with E-state index in [1.165, 1.54) is 28.0 Å². The van der Waals surface area contributed by atoms with Gasteiger partial charge in [0.25, 0.3) is 5.56 Å². The van der Waals surface area contributed by atoms with Crippen LogP contribution in [0.2, 0.25) is 0 Å². The molecule has 24 heavy (non-hydrogen) atoms. The van der Waals surface area contributed by atoms with Crippen LogP contribution in [0.1, 0.15) is 17.4 Å². The second-order valence-corrected chi connectivity index (χ2v) is 7.62. The average molecular weight is 366 g/mol. The normalized spacial score (nSPS) is 14.5.